The van der Waals surface area contributed by atoms with Crippen molar-refractivity contribution in [3.63, 3.8) is 0 Å². The Morgan fingerprint density at radius 1 is 1.08 bits per heavy atom. The first-order chi connectivity index (χ1) is 5.68. The quantitative estimate of drug-likeness (QED) is 0.497. The molecule has 0 aliphatic heterocycles. The summed E-state index contributed by atoms with van der Waals surface area (Å²) in [5, 5.41) is 0. The van der Waals surface area contributed by atoms with Crippen molar-refractivity contribution < 1.29 is 32.7 Å². The molecule has 0 amide bonds. The van der Waals surface area contributed by atoms with Crippen LogP contribution in [0, 0.1) is 19.3 Å². The average molecular weight is 259 g/mol. The number of hydrogen-bond donors (Lipinski definition) is 0. The van der Waals surface area contributed by atoms with E-state index in [0.717, 1.165) is 12.3 Å². The third-order valence-electron chi connectivity index (χ3n) is 1.53. The van der Waals surface area contributed by atoms with E-state index in [9.17, 15) is 0 Å². The molecule has 79 valence electrons. The van der Waals surface area contributed by atoms with Crippen LogP contribution in [-0.4, -0.2) is 0 Å². The topological polar surface area (TPSA) is 0 Å². The van der Waals surface area contributed by atoms with Gasteiger partial charge in [0, 0.05) is 32.7 Å². The Hall–Kier alpha value is 1.10. The van der Waals surface area contributed by atoms with E-state index in [1.807, 2.05) is 20.3 Å². The largest absolute Gasteiger partial charge is 0.343 e. The van der Waals surface area contributed by atoms with Crippen molar-refractivity contribution in [1.82, 2.24) is 0 Å². The fraction of sp³-hybridized carbons (Fsp3) is 0.833. The predicted molar refractivity (Wildman–Crippen MR) is 58.9 cm³/mol. The molecule has 0 aromatic heterocycles. The zero-order valence-corrected chi connectivity index (χ0v) is 12.8. The molecule has 0 rings (SSSR count). The number of unbranched alkanes of at least 4 members (excludes halogenated alkanes) is 3. The van der Waals surface area contributed by atoms with Crippen LogP contribution in [0.25, 0.3) is 0 Å². The molecule has 0 aliphatic rings. The van der Waals surface area contributed by atoms with Crippen molar-refractivity contribution >= 4 is 0 Å². The van der Waals surface area contributed by atoms with E-state index in [-0.39, 0.29) is 32.7 Å². The summed E-state index contributed by atoms with van der Waals surface area (Å²) in [5.74, 6) is 0.884. The Kier molecular flexibility index (Phi) is 28.4. The summed E-state index contributed by atoms with van der Waals surface area (Å²) in [5.41, 5.74) is 0. The zero-order valence-electron chi connectivity index (χ0n) is 9.97. The first-order valence-electron chi connectivity index (χ1n) is 5.22. The summed E-state index contributed by atoms with van der Waals surface area (Å²) in [6.07, 6.45) is 8.58. The van der Waals surface area contributed by atoms with Gasteiger partial charge in [-0.2, -0.15) is 20.3 Å². The Bertz CT molecular complexity index is 60.1. The van der Waals surface area contributed by atoms with Gasteiger partial charge in [-0.3, -0.25) is 0 Å². The van der Waals surface area contributed by atoms with Crippen LogP contribution in [0.15, 0.2) is 0 Å². The van der Waals surface area contributed by atoms with Crippen LogP contribution in [0.3, 0.4) is 0 Å². The molecule has 0 heterocycles. The fourth-order valence-electron chi connectivity index (χ4n) is 0.906. The van der Waals surface area contributed by atoms with Crippen molar-refractivity contribution in [1.29, 1.82) is 0 Å². The standard InChI is InChI=1S/C9H19.C3H7.Y/c1-4-5-6-7-8-9(2)3;1-3-2;/h9H,1,4-8H2,2-3H3;3H,1-2H3;/q2*-1;. The van der Waals surface area contributed by atoms with Crippen LogP contribution in [0.4, 0.5) is 0 Å². The summed E-state index contributed by atoms with van der Waals surface area (Å²) in [6, 6.07) is 0. The smallest absolute Gasteiger partial charge is 0 e. The Labute approximate surface area is 111 Å². The maximum atomic E-state index is 3.80. The van der Waals surface area contributed by atoms with Gasteiger partial charge in [0.15, 0.2) is 0 Å². The van der Waals surface area contributed by atoms with E-state index >= 15 is 0 Å². The van der Waals surface area contributed by atoms with Gasteiger partial charge in [-0.05, 0) is 5.92 Å². The molecule has 0 unspecified atom stereocenters. The molecule has 0 bridgehead atoms. The first kappa shape index (κ1) is 19.6. The number of rotatable bonds is 5. The second-order valence-corrected chi connectivity index (χ2v) is 3.67. The van der Waals surface area contributed by atoms with Gasteiger partial charge < -0.3 is 13.3 Å². The van der Waals surface area contributed by atoms with E-state index in [2.05, 4.69) is 20.8 Å². The minimum absolute atomic E-state index is 0. The number of hydrogen-bond acceptors (Lipinski definition) is 0. The van der Waals surface area contributed by atoms with Gasteiger partial charge in [0.1, 0.15) is 0 Å². The summed E-state index contributed by atoms with van der Waals surface area (Å²) >= 11 is 0. The monoisotopic (exact) mass is 259 g/mol. The first-order valence-corrected chi connectivity index (χ1v) is 5.22. The van der Waals surface area contributed by atoms with Crippen LogP contribution in [0.1, 0.15) is 59.8 Å². The molecular weight excluding hydrogens is 233 g/mol. The van der Waals surface area contributed by atoms with Crippen molar-refractivity contribution in [3.05, 3.63) is 13.3 Å². The van der Waals surface area contributed by atoms with Crippen LogP contribution in [0.2, 0.25) is 0 Å². The molecule has 0 saturated carbocycles. The summed E-state index contributed by atoms with van der Waals surface area (Å²) in [6.45, 7) is 12.4. The molecule has 0 aliphatic carbocycles. The molecule has 13 heavy (non-hydrogen) atoms. The Morgan fingerprint density at radius 2 is 1.54 bits per heavy atom. The molecule has 0 fully saturated rings. The van der Waals surface area contributed by atoms with E-state index in [4.69, 9.17) is 0 Å². The minimum Gasteiger partial charge on any atom is -0.343 e. The molecule has 0 aromatic carbocycles. The van der Waals surface area contributed by atoms with E-state index < -0.39 is 0 Å². The predicted octanol–water partition coefficient (Wildman–Crippen LogP) is 4.65. The van der Waals surface area contributed by atoms with Crippen molar-refractivity contribution in [2.75, 3.05) is 0 Å². The van der Waals surface area contributed by atoms with Gasteiger partial charge in [0.05, 0.1) is 0 Å². The summed E-state index contributed by atoms with van der Waals surface area (Å²) in [7, 11) is 0. The summed E-state index contributed by atoms with van der Waals surface area (Å²) < 4.78 is 0. The van der Waals surface area contributed by atoms with Crippen molar-refractivity contribution in [2.45, 2.75) is 59.8 Å². The maximum Gasteiger partial charge on any atom is 0 e. The van der Waals surface area contributed by atoms with Gasteiger partial charge in [-0.25, -0.2) is 0 Å². The van der Waals surface area contributed by atoms with Crippen LogP contribution in [-0.2, 0) is 32.7 Å². The third-order valence-corrected chi connectivity index (χ3v) is 1.53. The van der Waals surface area contributed by atoms with Gasteiger partial charge in [0.2, 0.25) is 0 Å². The van der Waals surface area contributed by atoms with Gasteiger partial charge >= 0.3 is 0 Å². The second kappa shape index (κ2) is 18.8. The van der Waals surface area contributed by atoms with E-state index in [0.29, 0.717) is 0 Å². The van der Waals surface area contributed by atoms with E-state index in [1.54, 1.807) is 0 Å². The summed E-state index contributed by atoms with van der Waals surface area (Å²) in [4.78, 5) is 0. The maximum absolute atomic E-state index is 3.80. The van der Waals surface area contributed by atoms with Gasteiger partial charge in [-0.1, -0.05) is 39.5 Å². The molecule has 0 saturated heterocycles. The van der Waals surface area contributed by atoms with Crippen molar-refractivity contribution in [2.24, 2.45) is 5.92 Å². The molecule has 1 radical (unpaired) electrons. The SMILES string of the molecule is C[CH-]C.[CH2-]CCCCCC(C)C.[Y]. The minimum atomic E-state index is 0. The Morgan fingerprint density at radius 3 is 1.85 bits per heavy atom. The van der Waals surface area contributed by atoms with Crippen LogP contribution < -0.4 is 0 Å². The third kappa shape index (κ3) is 32.0. The average Bonchev–Trinajstić information content (AvgIpc) is 1.99. The molecule has 1 heteroatoms. The van der Waals surface area contributed by atoms with Crippen molar-refractivity contribution in [3.8, 4) is 0 Å². The normalized spacial score (nSPS) is 8.77. The van der Waals surface area contributed by atoms with E-state index in [1.165, 1.54) is 25.7 Å². The molecule has 0 N–H and O–H groups in total. The van der Waals surface area contributed by atoms with Gasteiger partial charge in [0.25, 0.3) is 0 Å². The molecule has 0 atom stereocenters. The van der Waals surface area contributed by atoms with Crippen LogP contribution >= 0.6 is 0 Å². The molecule has 0 nitrogen and oxygen atoms in total. The second-order valence-electron chi connectivity index (χ2n) is 3.67. The molecule has 0 aromatic rings. The van der Waals surface area contributed by atoms with Gasteiger partial charge in [-0.15, -0.1) is 0 Å². The fourth-order valence-corrected chi connectivity index (χ4v) is 0.906. The zero-order chi connectivity index (χ0) is 9.82. The molecular formula is C12H26Y-2. The van der Waals surface area contributed by atoms with Crippen LogP contribution in [0.5, 0.6) is 0 Å². The Balaban J connectivity index is -0.000000220. The molecule has 0 spiro atoms.